The molecule has 0 saturated heterocycles. The van der Waals surface area contributed by atoms with Crippen LogP contribution in [-0.2, 0) is 4.79 Å². The third-order valence-corrected chi connectivity index (χ3v) is 3.08. The molecule has 0 aliphatic carbocycles. The maximum absolute atomic E-state index is 11.9. The van der Waals surface area contributed by atoms with Gasteiger partial charge in [0.15, 0.2) is 5.78 Å². The monoisotopic (exact) mass is 283 g/mol. The first-order valence-corrected chi connectivity index (χ1v) is 6.73. The molecule has 0 aliphatic rings. The summed E-state index contributed by atoms with van der Waals surface area (Å²) in [5, 5.41) is 12.0. The lowest BCUT2D eigenvalue weighted by molar-refractivity contribution is -0.116. The first kappa shape index (κ1) is 14.8. The molecular weight excluding hydrogens is 266 g/mol. The third-order valence-electron chi connectivity index (χ3n) is 3.08. The van der Waals surface area contributed by atoms with Crippen molar-refractivity contribution in [2.24, 2.45) is 0 Å². The number of aryl methyl sites for hydroxylation is 1. The molecule has 0 fully saturated rings. The second-order valence-electron chi connectivity index (χ2n) is 4.89. The largest absolute Gasteiger partial charge is 0.508 e. The molecule has 2 rings (SSSR count). The van der Waals surface area contributed by atoms with E-state index in [0.717, 1.165) is 5.56 Å². The normalized spacial score (nSPS) is 10.1. The van der Waals surface area contributed by atoms with Crippen LogP contribution >= 0.6 is 0 Å². The van der Waals surface area contributed by atoms with Crippen molar-refractivity contribution >= 4 is 17.4 Å². The van der Waals surface area contributed by atoms with Crippen LogP contribution in [-0.4, -0.2) is 16.8 Å². The molecule has 0 aliphatic heterocycles. The van der Waals surface area contributed by atoms with Crippen LogP contribution in [0.15, 0.2) is 48.5 Å². The van der Waals surface area contributed by atoms with Crippen molar-refractivity contribution < 1.29 is 14.7 Å². The molecule has 0 atom stereocenters. The Morgan fingerprint density at radius 1 is 1.05 bits per heavy atom. The van der Waals surface area contributed by atoms with Gasteiger partial charge in [-0.3, -0.25) is 9.59 Å². The number of hydrogen-bond acceptors (Lipinski definition) is 3. The van der Waals surface area contributed by atoms with E-state index in [0.29, 0.717) is 11.3 Å². The number of nitrogens with one attached hydrogen (secondary N) is 1. The number of rotatable bonds is 5. The van der Waals surface area contributed by atoms with Crippen molar-refractivity contribution in [3.63, 3.8) is 0 Å². The van der Waals surface area contributed by atoms with Gasteiger partial charge in [-0.05, 0) is 19.1 Å². The van der Waals surface area contributed by atoms with E-state index in [-0.39, 0.29) is 30.3 Å². The van der Waals surface area contributed by atoms with E-state index in [4.69, 9.17) is 0 Å². The van der Waals surface area contributed by atoms with Crippen molar-refractivity contribution in [2.45, 2.75) is 19.8 Å². The zero-order valence-electron chi connectivity index (χ0n) is 11.8. The van der Waals surface area contributed by atoms with Crippen molar-refractivity contribution in [3.05, 3.63) is 59.7 Å². The first-order chi connectivity index (χ1) is 10.0. The summed E-state index contributed by atoms with van der Waals surface area (Å²) in [6.07, 6.45) is 0.274. The maximum atomic E-state index is 11.9. The minimum atomic E-state index is -0.249. The van der Waals surface area contributed by atoms with Gasteiger partial charge in [-0.1, -0.05) is 35.9 Å². The lowest BCUT2D eigenvalue weighted by Gasteiger charge is -2.05. The second-order valence-corrected chi connectivity index (χ2v) is 4.89. The summed E-state index contributed by atoms with van der Waals surface area (Å²) in [6.45, 7) is 1.96. The number of hydrogen-bond donors (Lipinski definition) is 2. The predicted octanol–water partition coefficient (Wildman–Crippen LogP) is 3.30. The fraction of sp³-hybridized carbons (Fsp3) is 0.176. The average molecular weight is 283 g/mol. The molecule has 4 nitrogen and oxygen atoms in total. The molecule has 2 N–H and O–H groups in total. The van der Waals surface area contributed by atoms with Crippen molar-refractivity contribution in [2.75, 3.05) is 5.32 Å². The third kappa shape index (κ3) is 4.45. The fourth-order valence-electron chi connectivity index (χ4n) is 1.92. The summed E-state index contributed by atoms with van der Waals surface area (Å²) in [7, 11) is 0. The quantitative estimate of drug-likeness (QED) is 0.827. The summed E-state index contributed by atoms with van der Waals surface area (Å²) in [5.41, 5.74) is 2.22. The minimum absolute atomic E-state index is 0.0546. The first-order valence-electron chi connectivity index (χ1n) is 6.73. The smallest absolute Gasteiger partial charge is 0.224 e. The number of anilines is 1. The minimum Gasteiger partial charge on any atom is -0.508 e. The van der Waals surface area contributed by atoms with Gasteiger partial charge >= 0.3 is 0 Å². The highest BCUT2D eigenvalue weighted by Crippen LogP contribution is 2.16. The Hall–Kier alpha value is -2.62. The molecule has 2 aromatic rings. The van der Waals surface area contributed by atoms with E-state index in [1.165, 1.54) is 12.1 Å². The van der Waals surface area contributed by atoms with Crippen LogP contribution in [0.5, 0.6) is 5.75 Å². The molecule has 0 heterocycles. The Labute approximate surface area is 123 Å². The van der Waals surface area contributed by atoms with Crippen LogP contribution in [0, 0.1) is 6.92 Å². The molecular formula is C17H17NO3. The topological polar surface area (TPSA) is 66.4 Å². The van der Waals surface area contributed by atoms with Gasteiger partial charge in [-0.2, -0.15) is 0 Å². The van der Waals surface area contributed by atoms with E-state index in [2.05, 4.69) is 5.32 Å². The molecule has 0 bridgehead atoms. The molecule has 1 amide bonds. The Morgan fingerprint density at radius 2 is 1.76 bits per heavy atom. The van der Waals surface area contributed by atoms with Gasteiger partial charge < -0.3 is 10.4 Å². The van der Waals surface area contributed by atoms with Crippen molar-refractivity contribution in [3.8, 4) is 5.75 Å². The molecule has 0 saturated carbocycles. The van der Waals surface area contributed by atoms with E-state index >= 15 is 0 Å². The Kier molecular flexibility index (Phi) is 4.72. The van der Waals surface area contributed by atoms with Crippen LogP contribution in [0.3, 0.4) is 0 Å². The zero-order chi connectivity index (χ0) is 15.2. The predicted molar refractivity (Wildman–Crippen MR) is 81.5 cm³/mol. The second kappa shape index (κ2) is 6.70. The number of Topliss-reactive ketones (excluding diaryl/α,β-unsaturated/α-hetero) is 1. The molecule has 21 heavy (non-hydrogen) atoms. The molecule has 0 aromatic heterocycles. The SMILES string of the molecule is Cc1ccc(C(=O)CCC(=O)Nc2cccc(O)c2)cc1. The Balaban J connectivity index is 1.86. The number of ketones is 1. The standard InChI is InChI=1S/C17H17NO3/c1-12-5-7-13(8-6-12)16(20)9-10-17(21)18-14-3-2-4-15(19)11-14/h2-8,11,19H,9-10H2,1H3,(H,18,21). The summed E-state index contributed by atoms with van der Waals surface area (Å²) >= 11 is 0. The van der Waals surface area contributed by atoms with Gasteiger partial charge in [0.05, 0.1) is 0 Å². The molecule has 2 aromatic carbocycles. The molecule has 4 heteroatoms. The number of carbonyl (C=O) groups excluding carboxylic acids is 2. The number of carbonyl (C=O) groups is 2. The number of phenolic OH excluding ortho intramolecular Hbond substituents is 1. The van der Waals surface area contributed by atoms with Gasteiger partial charge in [-0.15, -0.1) is 0 Å². The van der Waals surface area contributed by atoms with E-state index in [1.54, 1.807) is 24.3 Å². The van der Waals surface area contributed by atoms with Gasteiger partial charge in [0.1, 0.15) is 5.75 Å². The number of phenols is 1. The molecule has 0 spiro atoms. The number of aromatic hydroxyl groups is 1. The van der Waals surface area contributed by atoms with Crippen LogP contribution in [0.2, 0.25) is 0 Å². The molecule has 108 valence electrons. The van der Waals surface area contributed by atoms with E-state index < -0.39 is 0 Å². The summed E-state index contributed by atoms with van der Waals surface area (Å²) < 4.78 is 0. The van der Waals surface area contributed by atoms with Gasteiger partial charge in [0.2, 0.25) is 5.91 Å². The van der Waals surface area contributed by atoms with E-state index in [9.17, 15) is 14.7 Å². The van der Waals surface area contributed by atoms with Crippen LogP contribution in [0.25, 0.3) is 0 Å². The van der Waals surface area contributed by atoms with Crippen LogP contribution in [0.1, 0.15) is 28.8 Å². The van der Waals surface area contributed by atoms with Crippen molar-refractivity contribution in [1.82, 2.24) is 0 Å². The summed E-state index contributed by atoms with van der Waals surface area (Å²) in [5.74, 6) is -0.217. The Bertz CT molecular complexity index is 647. The highest BCUT2D eigenvalue weighted by Gasteiger charge is 2.09. The maximum Gasteiger partial charge on any atom is 0.224 e. The molecule has 0 radical (unpaired) electrons. The lowest BCUT2D eigenvalue weighted by atomic mass is 10.0. The lowest BCUT2D eigenvalue weighted by Crippen LogP contribution is -2.13. The number of benzene rings is 2. The van der Waals surface area contributed by atoms with Gasteiger partial charge in [0, 0.05) is 30.2 Å². The highest BCUT2D eigenvalue weighted by atomic mass is 16.3. The van der Waals surface area contributed by atoms with Gasteiger partial charge in [0.25, 0.3) is 0 Å². The number of amides is 1. The highest BCUT2D eigenvalue weighted by molar-refractivity contribution is 6.00. The van der Waals surface area contributed by atoms with Crippen LogP contribution in [0.4, 0.5) is 5.69 Å². The summed E-state index contributed by atoms with van der Waals surface area (Å²) in [6, 6.07) is 13.6. The molecule has 0 unspecified atom stereocenters. The fourth-order valence-corrected chi connectivity index (χ4v) is 1.92. The zero-order valence-corrected chi connectivity index (χ0v) is 11.8. The Morgan fingerprint density at radius 3 is 2.43 bits per heavy atom. The summed E-state index contributed by atoms with van der Waals surface area (Å²) in [4.78, 5) is 23.7. The van der Waals surface area contributed by atoms with E-state index in [1.807, 2.05) is 19.1 Å². The van der Waals surface area contributed by atoms with Crippen LogP contribution < -0.4 is 5.32 Å². The van der Waals surface area contributed by atoms with Crippen molar-refractivity contribution in [1.29, 1.82) is 0 Å². The average Bonchev–Trinajstić information content (AvgIpc) is 2.45. The van der Waals surface area contributed by atoms with Gasteiger partial charge in [-0.25, -0.2) is 0 Å².